The topological polar surface area (TPSA) is 76.7 Å². The van der Waals surface area contributed by atoms with Gasteiger partial charge in [0.1, 0.15) is 5.75 Å². The van der Waals surface area contributed by atoms with Gasteiger partial charge in [0, 0.05) is 0 Å². The van der Waals surface area contributed by atoms with Crippen molar-refractivity contribution in [1.82, 2.24) is 10.6 Å². The highest BCUT2D eigenvalue weighted by Crippen LogP contribution is 2.33. The zero-order valence-electron chi connectivity index (χ0n) is 17.1. The van der Waals surface area contributed by atoms with E-state index in [9.17, 15) is 9.59 Å². The second-order valence-corrected chi connectivity index (χ2v) is 7.09. The molecular weight excluding hydrogens is 368 g/mol. The van der Waals surface area contributed by atoms with Crippen molar-refractivity contribution >= 4 is 17.7 Å². The van der Waals surface area contributed by atoms with E-state index in [0.29, 0.717) is 28.5 Å². The highest BCUT2D eigenvalue weighted by atomic mass is 16.5. The van der Waals surface area contributed by atoms with Gasteiger partial charge < -0.3 is 20.1 Å². The molecule has 1 aliphatic heterocycles. The monoisotopic (exact) mass is 394 g/mol. The standard InChI is InChI=1S/C23H26N2O4/c1-5-29-22(26)19-20(16-8-6-15(7-9-16)14(2)3)24-23(27)25-21(19)17-10-12-18(28-4)13-11-17/h6-14,20H,5H2,1-4H3,(H2,24,25,27). The number of amides is 2. The minimum Gasteiger partial charge on any atom is -0.497 e. The molecule has 2 amide bonds. The molecule has 0 radical (unpaired) electrons. The third-order valence-corrected chi connectivity index (χ3v) is 4.88. The van der Waals surface area contributed by atoms with Crippen molar-refractivity contribution in [2.45, 2.75) is 32.7 Å². The number of carbonyl (C=O) groups excluding carboxylic acids is 2. The fourth-order valence-corrected chi connectivity index (χ4v) is 3.30. The van der Waals surface area contributed by atoms with Crippen LogP contribution >= 0.6 is 0 Å². The Bertz CT molecular complexity index is 915. The second-order valence-electron chi connectivity index (χ2n) is 7.09. The summed E-state index contributed by atoms with van der Waals surface area (Å²) in [6.07, 6.45) is 0. The van der Waals surface area contributed by atoms with Crippen LogP contribution in [-0.4, -0.2) is 25.7 Å². The Balaban J connectivity index is 2.11. The molecule has 2 aromatic carbocycles. The second kappa shape index (κ2) is 8.82. The summed E-state index contributed by atoms with van der Waals surface area (Å²) in [6, 6.07) is 14.1. The van der Waals surface area contributed by atoms with E-state index in [0.717, 1.165) is 5.56 Å². The van der Waals surface area contributed by atoms with Gasteiger partial charge in [-0.25, -0.2) is 9.59 Å². The number of rotatable bonds is 6. The number of ether oxygens (including phenoxy) is 2. The van der Waals surface area contributed by atoms with Gasteiger partial charge in [0.05, 0.1) is 31.0 Å². The van der Waals surface area contributed by atoms with Crippen LogP contribution in [0.1, 0.15) is 49.4 Å². The summed E-state index contributed by atoms with van der Waals surface area (Å²) in [5.41, 5.74) is 3.51. The number of benzene rings is 2. The van der Waals surface area contributed by atoms with Gasteiger partial charge in [-0.3, -0.25) is 0 Å². The minimum atomic E-state index is -0.610. The quantitative estimate of drug-likeness (QED) is 0.722. The highest BCUT2D eigenvalue weighted by molar-refractivity contribution is 6.04. The molecule has 0 aromatic heterocycles. The van der Waals surface area contributed by atoms with Crippen molar-refractivity contribution < 1.29 is 19.1 Å². The molecule has 0 saturated heterocycles. The first-order valence-corrected chi connectivity index (χ1v) is 9.67. The van der Waals surface area contributed by atoms with E-state index >= 15 is 0 Å². The fourth-order valence-electron chi connectivity index (χ4n) is 3.30. The summed E-state index contributed by atoms with van der Waals surface area (Å²) >= 11 is 0. The maximum atomic E-state index is 12.9. The molecule has 0 bridgehead atoms. The zero-order valence-corrected chi connectivity index (χ0v) is 17.1. The zero-order chi connectivity index (χ0) is 21.0. The average molecular weight is 394 g/mol. The Morgan fingerprint density at radius 3 is 2.28 bits per heavy atom. The van der Waals surface area contributed by atoms with E-state index in [1.165, 1.54) is 5.56 Å². The molecule has 3 rings (SSSR count). The molecule has 2 aromatic rings. The summed E-state index contributed by atoms with van der Waals surface area (Å²) in [5, 5.41) is 5.64. The number of esters is 1. The lowest BCUT2D eigenvalue weighted by Gasteiger charge is -2.29. The van der Waals surface area contributed by atoms with Crippen LogP contribution in [0.15, 0.2) is 54.1 Å². The summed E-state index contributed by atoms with van der Waals surface area (Å²) in [5.74, 6) is 0.610. The lowest BCUT2D eigenvalue weighted by molar-refractivity contribution is -0.138. The summed E-state index contributed by atoms with van der Waals surface area (Å²) in [7, 11) is 1.58. The van der Waals surface area contributed by atoms with Gasteiger partial charge in [0.25, 0.3) is 0 Å². The molecule has 1 heterocycles. The van der Waals surface area contributed by atoms with Gasteiger partial charge in [-0.05, 0) is 53.8 Å². The van der Waals surface area contributed by atoms with Crippen LogP contribution in [-0.2, 0) is 9.53 Å². The van der Waals surface area contributed by atoms with Crippen LogP contribution in [0.25, 0.3) is 5.70 Å². The Labute approximate surface area is 170 Å². The Kier molecular flexibility index (Phi) is 6.22. The number of hydrogen-bond acceptors (Lipinski definition) is 4. The number of hydrogen-bond donors (Lipinski definition) is 2. The molecule has 0 fully saturated rings. The van der Waals surface area contributed by atoms with Gasteiger partial charge in [-0.2, -0.15) is 0 Å². The number of urea groups is 1. The van der Waals surface area contributed by atoms with E-state index in [-0.39, 0.29) is 12.6 Å². The third-order valence-electron chi connectivity index (χ3n) is 4.88. The van der Waals surface area contributed by atoms with E-state index in [2.05, 4.69) is 24.5 Å². The van der Waals surface area contributed by atoms with Crippen molar-refractivity contribution in [2.75, 3.05) is 13.7 Å². The largest absolute Gasteiger partial charge is 0.497 e. The third kappa shape index (κ3) is 4.42. The van der Waals surface area contributed by atoms with Crippen molar-refractivity contribution in [1.29, 1.82) is 0 Å². The van der Waals surface area contributed by atoms with E-state index < -0.39 is 12.0 Å². The van der Waals surface area contributed by atoms with E-state index in [1.54, 1.807) is 38.3 Å². The SMILES string of the molecule is CCOC(=O)C1=C(c2ccc(OC)cc2)NC(=O)NC1c1ccc(C(C)C)cc1. The molecule has 0 spiro atoms. The molecule has 0 saturated carbocycles. The van der Waals surface area contributed by atoms with Crippen LogP contribution < -0.4 is 15.4 Å². The normalized spacial score (nSPS) is 16.3. The first-order chi connectivity index (χ1) is 13.9. The Morgan fingerprint density at radius 2 is 1.72 bits per heavy atom. The van der Waals surface area contributed by atoms with Crippen LogP contribution in [0.2, 0.25) is 0 Å². The van der Waals surface area contributed by atoms with Gasteiger partial charge in [0.15, 0.2) is 0 Å². The van der Waals surface area contributed by atoms with Crippen molar-refractivity contribution in [3.8, 4) is 5.75 Å². The number of nitrogens with one attached hydrogen (secondary N) is 2. The van der Waals surface area contributed by atoms with Gasteiger partial charge in [-0.1, -0.05) is 38.1 Å². The molecule has 1 unspecified atom stereocenters. The lowest BCUT2D eigenvalue weighted by Crippen LogP contribution is -2.45. The first kappa shape index (κ1) is 20.5. The lowest BCUT2D eigenvalue weighted by atomic mass is 9.91. The Hall–Kier alpha value is -3.28. The highest BCUT2D eigenvalue weighted by Gasteiger charge is 2.34. The first-order valence-electron chi connectivity index (χ1n) is 9.67. The van der Waals surface area contributed by atoms with Crippen molar-refractivity contribution in [2.24, 2.45) is 0 Å². The van der Waals surface area contributed by atoms with Gasteiger partial charge in [-0.15, -0.1) is 0 Å². The smallest absolute Gasteiger partial charge is 0.338 e. The van der Waals surface area contributed by atoms with Crippen LogP contribution in [0.3, 0.4) is 0 Å². The van der Waals surface area contributed by atoms with Crippen LogP contribution in [0, 0.1) is 0 Å². The van der Waals surface area contributed by atoms with Gasteiger partial charge >= 0.3 is 12.0 Å². The van der Waals surface area contributed by atoms with Gasteiger partial charge in [0.2, 0.25) is 0 Å². The maximum Gasteiger partial charge on any atom is 0.338 e. The predicted molar refractivity (Wildman–Crippen MR) is 111 cm³/mol. The van der Waals surface area contributed by atoms with Crippen molar-refractivity contribution in [3.63, 3.8) is 0 Å². The molecule has 0 aliphatic carbocycles. The molecule has 152 valence electrons. The summed E-state index contributed by atoms with van der Waals surface area (Å²) in [6.45, 7) is 6.23. The molecule has 6 heteroatoms. The fraction of sp³-hybridized carbons (Fsp3) is 0.304. The number of carbonyl (C=O) groups is 2. The van der Waals surface area contributed by atoms with E-state index in [4.69, 9.17) is 9.47 Å². The van der Waals surface area contributed by atoms with Crippen LogP contribution in [0.5, 0.6) is 5.75 Å². The van der Waals surface area contributed by atoms with E-state index in [1.807, 2.05) is 24.3 Å². The molecule has 1 aliphatic rings. The number of methoxy groups -OCH3 is 1. The average Bonchev–Trinajstić information content (AvgIpc) is 2.73. The molecule has 29 heavy (non-hydrogen) atoms. The molecule has 1 atom stereocenters. The minimum absolute atomic E-state index is 0.241. The Morgan fingerprint density at radius 1 is 1.07 bits per heavy atom. The molecular formula is C23H26N2O4. The van der Waals surface area contributed by atoms with Crippen LogP contribution in [0.4, 0.5) is 4.79 Å². The molecule has 2 N–H and O–H groups in total. The maximum absolute atomic E-state index is 12.9. The molecule has 6 nitrogen and oxygen atoms in total. The summed E-state index contributed by atoms with van der Waals surface area (Å²) < 4.78 is 10.5. The summed E-state index contributed by atoms with van der Waals surface area (Å²) in [4.78, 5) is 25.3. The van der Waals surface area contributed by atoms with Crippen molar-refractivity contribution in [3.05, 3.63) is 70.8 Å². The predicted octanol–water partition coefficient (Wildman–Crippen LogP) is 4.15.